The van der Waals surface area contributed by atoms with Crippen molar-refractivity contribution in [3.63, 3.8) is 0 Å². The van der Waals surface area contributed by atoms with E-state index in [0.29, 0.717) is 35.0 Å². The maximum atomic E-state index is 11.0. The lowest BCUT2D eigenvalue weighted by atomic mass is 9.66. The highest BCUT2D eigenvalue weighted by Gasteiger charge is 2.33. The first kappa shape index (κ1) is 28.2. The van der Waals surface area contributed by atoms with E-state index >= 15 is 0 Å². The standard InChI is InChI=1S/C30H58O2/c1-8-30(6,7)27-17-12-24(13-18-27)19-28(31)23(5)11-16-26(21(2)3)20-29(32)25-14-9-22(4)10-15-25/h21-29,31-32H,8-20H2,1-7H3/t22?,23?,24?,25?,26?,27?,28-,29?/m0/s1. The Kier molecular flexibility index (Phi) is 11.6. The van der Waals surface area contributed by atoms with E-state index in [0.717, 1.165) is 37.5 Å². The van der Waals surface area contributed by atoms with Crippen molar-refractivity contribution in [3.05, 3.63) is 0 Å². The van der Waals surface area contributed by atoms with Crippen molar-refractivity contribution in [2.24, 2.45) is 46.8 Å². The summed E-state index contributed by atoms with van der Waals surface area (Å²) < 4.78 is 0. The van der Waals surface area contributed by atoms with Crippen LogP contribution in [0.4, 0.5) is 0 Å². The summed E-state index contributed by atoms with van der Waals surface area (Å²) in [6.07, 6.45) is 15.5. The number of rotatable bonds is 12. The van der Waals surface area contributed by atoms with Crippen LogP contribution in [0, 0.1) is 46.8 Å². The van der Waals surface area contributed by atoms with Gasteiger partial charge in [0.25, 0.3) is 0 Å². The Morgan fingerprint density at radius 3 is 1.97 bits per heavy atom. The van der Waals surface area contributed by atoms with Gasteiger partial charge in [-0.1, -0.05) is 80.6 Å². The van der Waals surface area contributed by atoms with Gasteiger partial charge in [0, 0.05) is 0 Å². The molecule has 32 heavy (non-hydrogen) atoms. The SMILES string of the molecule is CCC(C)(C)C1CCC(C[C@H](O)C(C)CCC(CC(O)C2CCC(C)CC2)C(C)C)CC1. The molecule has 2 N–H and O–H groups in total. The first-order valence-electron chi connectivity index (χ1n) is 14.4. The largest absolute Gasteiger partial charge is 0.393 e. The van der Waals surface area contributed by atoms with Crippen molar-refractivity contribution < 1.29 is 10.2 Å². The zero-order valence-electron chi connectivity index (χ0n) is 22.8. The predicted octanol–water partition coefficient (Wildman–Crippen LogP) is 8.25. The molecule has 2 fully saturated rings. The molecule has 2 heteroatoms. The maximum absolute atomic E-state index is 11.0. The minimum Gasteiger partial charge on any atom is -0.393 e. The molecule has 2 aliphatic carbocycles. The number of hydrogen-bond donors (Lipinski definition) is 2. The monoisotopic (exact) mass is 450 g/mol. The van der Waals surface area contributed by atoms with E-state index in [2.05, 4.69) is 48.5 Å². The molecular formula is C30H58O2. The third-order valence-corrected chi connectivity index (χ3v) is 10.2. The first-order chi connectivity index (χ1) is 15.0. The highest BCUT2D eigenvalue weighted by atomic mass is 16.3. The lowest BCUT2D eigenvalue weighted by Gasteiger charge is -2.39. The smallest absolute Gasteiger partial charge is 0.0571 e. The van der Waals surface area contributed by atoms with Crippen molar-refractivity contribution in [1.82, 2.24) is 0 Å². The van der Waals surface area contributed by atoms with Crippen molar-refractivity contribution in [1.29, 1.82) is 0 Å². The molecule has 0 heterocycles. The Hall–Kier alpha value is -0.0800. The number of aliphatic hydroxyl groups is 2. The minimum atomic E-state index is -0.159. The van der Waals surface area contributed by atoms with Crippen LogP contribution in [0.2, 0.25) is 0 Å². The molecule has 4 atom stereocenters. The molecule has 0 aliphatic heterocycles. The van der Waals surface area contributed by atoms with E-state index in [4.69, 9.17) is 0 Å². The molecule has 2 saturated carbocycles. The van der Waals surface area contributed by atoms with Crippen LogP contribution in [0.5, 0.6) is 0 Å². The van der Waals surface area contributed by atoms with Crippen LogP contribution < -0.4 is 0 Å². The van der Waals surface area contributed by atoms with Crippen molar-refractivity contribution in [2.75, 3.05) is 0 Å². The van der Waals surface area contributed by atoms with Crippen LogP contribution in [-0.4, -0.2) is 22.4 Å². The predicted molar refractivity (Wildman–Crippen MR) is 139 cm³/mol. The first-order valence-corrected chi connectivity index (χ1v) is 14.4. The quantitative estimate of drug-likeness (QED) is 0.314. The summed E-state index contributed by atoms with van der Waals surface area (Å²) in [6, 6.07) is 0. The molecule has 0 aromatic carbocycles. The molecule has 0 aromatic rings. The van der Waals surface area contributed by atoms with Gasteiger partial charge in [-0.3, -0.25) is 0 Å². The molecule has 2 nitrogen and oxygen atoms in total. The Balaban J connectivity index is 1.73. The zero-order valence-corrected chi connectivity index (χ0v) is 22.8. The van der Waals surface area contributed by atoms with E-state index in [-0.39, 0.29) is 12.2 Å². The summed E-state index contributed by atoms with van der Waals surface area (Å²) in [5.74, 6) is 4.49. The molecule has 190 valence electrons. The fourth-order valence-corrected chi connectivity index (χ4v) is 6.61. The Morgan fingerprint density at radius 2 is 1.44 bits per heavy atom. The van der Waals surface area contributed by atoms with Gasteiger partial charge in [0.15, 0.2) is 0 Å². The molecular weight excluding hydrogens is 392 g/mol. The van der Waals surface area contributed by atoms with Gasteiger partial charge in [-0.25, -0.2) is 0 Å². The van der Waals surface area contributed by atoms with Crippen LogP contribution in [0.25, 0.3) is 0 Å². The van der Waals surface area contributed by atoms with E-state index < -0.39 is 0 Å². The van der Waals surface area contributed by atoms with Crippen LogP contribution in [0.3, 0.4) is 0 Å². The lowest BCUT2D eigenvalue weighted by Crippen LogP contribution is -2.30. The third kappa shape index (κ3) is 8.61. The average Bonchev–Trinajstić information content (AvgIpc) is 2.76. The second-order valence-electron chi connectivity index (χ2n) is 13.2. The molecule has 3 unspecified atom stereocenters. The van der Waals surface area contributed by atoms with Crippen LogP contribution >= 0.6 is 0 Å². The van der Waals surface area contributed by atoms with Crippen molar-refractivity contribution in [3.8, 4) is 0 Å². The normalized spacial score (nSPS) is 31.3. The lowest BCUT2D eigenvalue weighted by molar-refractivity contribution is 0.0385. The second-order valence-corrected chi connectivity index (χ2v) is 13.2. The van der Waals surface area contributed by atoms with E-state index in [1.54, 1.807) is 0 Å². The van der Waals surface area contributed by atoms with Crippen LogP contribution in [-0.2, 0) is 0 Å². The summed E-state index contributed by atoms with van der Waals surface area (Å²) in [5, 5.41) is 21.9. The van der Waals surface area contributed by atoms with Crippen molar-refractivity contribution in [2.45, 2.75) is 144 Å². The second kappa shape index (κ2) is 13.1. The number of hydrogen-bond acceptors (Lipinski definition) is 2. The van der Waals surface area contributed by atoms with Gasteiger partial charge in [-0.05, 0) is 98.2 Å². The van der Waals surface area contributed by atoms with Crippen molar-refractivity contribution >= 4 is 0 Å². The summed E-state index contributed by atoms with van der Waals surface area (Å²) in [4.78, 5) is 0. The Morgan fingerprint density at radius 1 is 0.844 bits per heavy atom. The summed E-state index contributed by atoms with van der Waals surface area (Å²) >= 11 is 0. The van der Waals surface area contributed by atoms with Gasteiger partial charge in [0.05, 0.1) is 12.2 Å². The van der Waals surface area contributed by atoms with E-state index in [1.807, 2.05) is 0 Å². The summed E-state index contributed by atoms with van der Waals surface area (Å²) in [7, 11) is 0. The van der Waals surface area contributed by atoms with Gasteiger partial charge in [-0.2, -0.15) is 0 Å². The molecule has 0 aromatic heterocycles. The highest BCUT2D eigenvalue weighted by molar-refractivity contribution is 4.84. The minimum absolute atomic E-state index is 0.127. The van der Waals surface area contributed by atoms with Gasteiger partial charge in [-0.15, -0.1) is 0 Å². The topological polar surface area (TPSA) is 40.5 Å². The molecule has 0 radical (unpaired) electrons. The molecule has 0 bridgehead atoms. The van der Waals surface area contributed by atoms with E-state index in [9.17, 15) is 10.2 Å². The van der Waals surface area contributed by atoms with Gasteiger partial charge in [0.2, 0.25) is 0 Å². The fraction of sp³-hybridized carbons (Fsp3) is 1.00. The third-order valence-electron chi connectivity index (χ3n) is 10.2. The van der Waals surface area contributed by atoms with E-state index in [1.165, 1.54) is 57.8 Å². The molecule has 0 amide bonds. The molecule has 0 spiro atoms. The van der Waals surface area contributed by atoms with Gasteiger partial charge < -0.3 is 10.2 Å². The van der Waals surface area contributed by atoms with Crippen LogP contribution in [0.15, 0.2) is 0 Å². The average molecular weight is 451 g/mol. The van der Waals surface area contributed by atoms with Gasteiger partial charge >= 0.3 is 0 Å². The fourth-order valence-electron chi connectivity index (χ4n) is 6.61. The molecule has 2 aliphatic rings. The van der Waals surface area contributed by atoms with Gasteiger partial charge in [0.1, 0.15) is 0 Å². The Bertz CT molecular complexity index is 497. The highest BCUT2D eigenvalue weighted by Crippen LogP contribution is 2.43. The number of aliphatic hydroxyl groups excluding tert-OH is 2. The summed E-state index contributed by atoms with van der Waals surface area (Å²) in [6.45, 7) is 16.4. The van der Waals surface area contributed by atoms with Crippen LogP contribution in [0.1, 0.15) is 132 Å². The Labute approximate surface area is 201 Å². The molecule has 2 rings (SSSR count). The zero-order chi connectivity index (χ0) is 23.9. The molecule has 0 saturated heterocycles. The summed E-state index contributed by atoms with van der Waals surface area (Å²) in [5.41, 5.74) is 0.475. The maximum Gasteiger partial charge on any atom is 0.0571 e.